The molecule has 1 heterocycles. The van der Waals surface area contributed by atoms with Crippen LogP contribution in [0.1, 0.15) is 58.9 Å². The molecule has 1 saturated heterocycles. The third kappa shape index (κ3) is 3.48. The number of nitrogens with zero attached hydrogens (tertiary/aromatic N) is 1. The average molecular weight is 323 g/mol. The Bertz CT molecular complexity index is 505. The minimum absolute atomic E-state index is 0.00948. The zero-order valence-corrected chi connectivity index (χ0v) is 15.3. The van der Waals surface area contributed by atoms with Crippen LogP contribution in [0.25, 0.3) is 0 Å². The van der Waals surface area contributed by atoms with Crippen molar-refractivity contribution in [2.24, 2.45) is 0 Å². The Kier molecular flexibility index (Phi) is 5.87. The molecule has 2 rings (SSSR count). The van der Waals surface area contributed by atoms with Gasteiger partial charge in [-0.1, -0.05) is 51.1 Å². The Morgan fingerprint density at radius 2 is 1.77 bits per heavy atom. The van der Waals surface area contributed by atoms with Crippen molar-refractivity contribution >= 4 is 7.52 Å². The van der Waals surface area contributed by atoms with E-state index in [1.165, 1.54) is 0 Å². The molecule has 0 radical (unpaired) electrons. The monoisotopic (exact) mass is 323 g/mol. The van der Waals surface area contributed by atoms with E-state index in [9.17, 15) is 4.57 Å². The van der Waals surface area contributed by atoms with Gasteiger partial charge in [-0.3, -0.25) is 4.57 Å². The van der Waals surface area contributed by atoms with E-state index in [0.717, 1.165) is 37.8 Å². The van der Waals surface area contributed by atoms with Crippen LogP contribution in [0.5, 0.6) is 0 Å². The molecule has 1 aromatic carbocycles. The topological polar surface area (TPSA) is 29.5 Å². The summed E-state index contributed by atoms with van der Waals surface area (Å²) < 4.78 is 22.1. The SMILES string of the molecule is CCC(CC)(CC)N1CC[C@H](C)O[P@]1(=O)Cc1ccccc1. The zero-order chi connectivity index (χ0) is 16.2. The molecule has 1 fully saturated rings. The second-order valence-electron chi connectivity index (χ2n) is 6.39. The maximum Gasteiger partial charge on any atom is 0.277 e. The highest BCUT2D eigenvalue weighted by atomic mass is 31.2. The molecule has 1 aliphatic heterocycles. The molecule has 3 nitrogen and oxygen atoms in total. The van der Waals surface area contributed by atoms with E-state index >= 15 is 0 Å². The summed E-state index contributed by atoms with van der Waals surface area (Å²) in [5, 5.41) is 0. The number of hydrogen-bond acceptors (Lipinski definition) is 2. The lowest BCUT2D eigenvalue weighted by Gasteiger charge is -2.49. The van der Waals surface area contributed by atoms with Crippen LogP contribution in [-0.4, -0.2) is 22.9 Å². The van der Waals surface area contributed by atoms with E-state index < -0.39 is 7.52 Å². The first-order valence-electron chi connectivity index (χ1n) is 8.59. The average Bonchev–Trinajstić information content (AvgIpc) is 2.52. The Balaban J connectivity index is 2.35. The van der Waals surface area contributed by atoms with Crippen molar-refractivity contribution in [2.75, 3.05) is 6.54 Å². The van der Waals surface area contributed by atoms with Crippen LogP contribution in [0.3, 0.4) is 0 Å². The summed E-state index contributed by atoms with van der Waals surface area (Å²) in [6, 6.07) is 10.1. The molecular formula is C18H30NO2P. The highest BCUT2D eigenvalue weighted by Crippen LogP contribution is 2.61. The fourth-order valence-electron chi connectivity index (χ4n) is 3.64. The quantitative estimate of drug-likeness (QED) is 0.651. The Hall–Kier alpha value is -0.630. The van der Waals surface area contributed by atoms with Crippen molar-refractivity contribution in [3.63, 3.8) is 0 Å². The first kappa shape index (κ1) is 17.7. The van der Waals surface area contributed by atoms with Gasteiger partial charge in [0.15, 0.2) is 0 Å². The molecule has 4 heteroatoms. The molecule has 1 aliphatic rings. The molecular weight excluding hydrogens is 293 g/mol. The van der Waals surface area contributed by atoms with E-state index in [4.69, 9.17) is 4.52 Å². The van der Waals surface area contributed by atoms with Crippen LogP contribution >= 0.6 is 7.52 Å². The molecule has 0 aliphatic carbocycles. The maximum absolute atomic E-state index is 13.8. The second kappa shape index (κ2) is 7.29. The van der Waals surface area contributed by atoms with Crippen LogP contribution in [0, 0.1) is 0 Å². The van der Waals surface area contributed by atoms with Crippen molar-refractivity contribution in [1.29, 1.82) is 0 Å². The molecule has 0 N–H and O–H groups in total. The van der Waals surface area contributed by atoms with E-state index in [-0.39, 0.29) is 11.6 Å². The molecule has 2 atom stereocenters. The summed E-state index contributed by atoms with van der Waals surface area (Å²) in [6.07, 6.45) is 4.58. The van der Waals surface area contributed by atoms with Gasteiger partial charge in [-0.2, -0.15) is 0 Å². The maximum atomic E-state index is 13.8. The molecule has 0 aromatic heterocycles. The van der Waals surface area contributed by atoms with Crippen molar-refractivity contribution in [3.8, 4) is 0 Å². The lowest BCUT2D eigenvalue weighted by Crippen LogP contribution is -2.49. The Labute approximate surface area is 135 Å². The number of rotatable bonds is 6. The first-order chi connectivity index (χ1) is 10.5. The standard InChI is InChI=1S/C18H30NO2P/c1-5-18(6-2,7-3)19-14-13-16(4)21-22(19,20)15-17-11-9-8-10-12-17/h8-12,16H,5-7,13-15H2,1-4H3/t16-,22+/m0/s1. The summed E-state index contributed by atoms with van der Waals surface area (Å²) >= 11 is 0. The van der Waals surface area contributed by atoms with Gasteiger partial charge in [0.2, 0.25) is 0 Å². The summed E-state index contributed by atoms with van der Waals surface area (Å²) in [6.45, 7) is 9.54. The number of hydrogen-bond donors (Lipinski definition) is 0. The van der Waals surface area contributed by atoms with Gasteiger partial charge in [-0.05, 0) is 38.2 Å². The summed E-state index contributed by atoms with van der Waals surface area (Å²) in [7, 11) is -2.84. The molecule has 0 amide bonds. The minimum atomic E-state index is -2.84. The van der Waals surface area contributed by atoms with Gasteiger partial charge in [-0.25, -0.2) is 4.67 Å². The van der Waals surface area contributed by atoms with Crippen molar-refractivity contribution in [3.05, 3.63) is 35.9 Å². The fourth-order valence-corrected chi connectivity index (χ4v) is 6.83. The highest BCUT2D eigenvalue weighted by molar-refractivity contribution is 7.55. The summed E-state index contributed by atoms with van der Waals surface area (Å²) in [4.78, 5) is 0. The van der Waals surface area contributed by atoms with Gasteiger partial charge in [0.25, 0.3) is 7.52 Å². The summed E-state index contributed by atoms with van der Waals surface area (Å²) in [5.41, 5.74) is 1.09. The third-order valence-corrected chi connectivity index (χ3v) is 8.02. The van der Waals surface area contributed by atoms with Crippen molar-refractivity contribution in [2.45, 2.75) is 71.2 Å². The van der Waals surface area contributed by atoms with Crippen LogP contribution in [0.2, 0.25) is 0 Å². The van der Waals surface area contributed by atoms with Crippen molar-refractivity contribution < 1.29 is 9.09 Å². The molecule has 124 valence electrons. The van der Waals surface area contributed by atoms with E-state index in [0.29, 0.717) is 6.16 Å². The number of benzene rings is 1. The predicted octanol–water partition coefficient (Wildman–Crippen LogP) is 5.46. The fraction of sp³-hybridized carbons (Fsp3) is 0.667. The van der Waals surface area contributed by atoms with Crippen LogP contribution in [0.4, 0.5) is 0 Å². The minimum Gasteiger partial charge on any atom is -0.314 e. The Morgan fingerprint density at radius 3 is 2.32 bits per heavy atom. The molecule has 0 bridgehead atoms. The van der Waals surface area contributed by atoms with Crippen molar-refractivity contribution in [1.82, 2.24) is 4.67 Å². The smallest absolute Gasteiger partial charge is 0.277 e. The summed E-state index contributed by atoms with van der Waals surface area (Å²) in [5.74, 6) is 0. The van der Waals surface area contributed by atoms with Gasteiger partial charge >= 0.3 is 0 Å². The predicted molar refractivity (Wildman–Crippen MR) is 93.2 cm³/mol. The molecule has 1 aromatic rings. The van der Waals surface area contributed by atoms with Gasteiger partial charge in [0, 0.05) is 12.1 Å². The largest absolute Gasteiger partial charge is 0.314 e. The van der Waals surface area contributed by atoms with Crippen LogP contribution in [-0.2, 0) is 15.3 Å². The van der Waals surface area contributed by atoms with E-state index in [2.05, 4.69) is 25.4 Å². The van der Waals surface area contributed by atoms with Gasteiger partial charge < -0.3 is 4.52 Å². The first-order valence-corrected chi connectivity index (χ1v) is 10.4. The van der Waals surface area contributed by atoms with E-state index in [1.807, 2.05) is 37.3 Å². The van der Waals surface area contributed by atoms with Crippen LogP contribution < -0.4 is 0 Å². The third-order valence-electron chi connectivity index (χ3n) is 5.21. The van der Waals surface area contributed by atoms with Crippen LogP contribution in [0.15, 0.2) is 30.3 Å². The lowest BCUT2D eigenvalue weighted by molar-refractivity contribution is 0.0684. The molecule has 0 spiro atoms. The zero-order valence-electron chi connectivity index (χ0n) is 14.4. The molecule has 0 saturated carbocycles. The molecule has 22 heavy (non-hydrogen) atoms. The Morgan fingerprint density at radius 1 is 1.18 bits per heavy atom. The second-order valence-corrected chi connectivity index (χ2v) is 8.68. The van der Waals surface area contributed by atoms with Gasteiger partial charge in [0.05, 0.1) is 12.3 Å². The normalized spacial score (nSPS) is 27.0. The van der Waals surface area contributed by atoms with Gasteiger partial charge in [-0.15, -0.1) is 0 Å². The highest BCUT2D eigenvalue weighted by Gasteiger charge is 2.47. The van der Waals surface area contributed by atoms with E-state index in [1.54, 1.807) is 0 Å². The molecule has 0 unspecified atom stereocenters. The van der Waals surface area contributed by atoms with Gasteiger partial charge in [0.1, 0.15) is 0 Å². The lowest BCUT2D eigenvalue weighted by atomic mass is 9.89.